The molecule has 0 aliphatic heterocycles. The maximum absolute atomic E-state index is 12.7. The summed E-state index contributed by atoms with van der Waals surface area (Å²) < 4.78 is 39.6. The van der Waals surface area contributed by atoms with Gasteiger partial charge in [-0.2, -0.15) is 27.8 Å². The van der Waals surface area contributed by atoms with E-state index in [0.717, 1.165) is 12.3 Å². The Balaban J connectivity index is 2.22. The van der Waals surface area contributed by atoms with Crippen LogP contribution >= 0.6 is 27.5 Å². The van der Waals surface area contributed by atoms with Crippen LogP contribution in [0.25, 0.3) is 17.2 Å². The normalized spacial score (nSPS) is 13.5. The molecule has 0 N–H and O–H groups in total. The molecule has 0 aliphatic rings. The molecule has 0 saturated carbocycles. The first-order valence-electron chi connectivity index (χ1n) is 6.35. The number of hydrogen-bond acceptors (Lipinski definition) is 4. The van der Waals surface area contributed by atoms with Gasteiger partial charge in [-0.1, -0.05) is 27.5 Å². The number of fused-ring (bicyclic) bond motifs is 1. The molecule has 3 rings (SSSR count). The number of alkyl halides is 4. The van der Waals surface area contributed by atoms with Crippen molar-refractivity contribution in [2.75, 3.05) is 0 Å². The lowest BCUT2D eigenvalue weighted by Crippen LogP contribution is -2.07. The van der Waals surface area contributed by atoms with Gasteiger partial charge in [0.2, 0.25) is 0 Å². The Bertz CT molecular complexity index is 878. The third-order valence-electron chi connectivity index (χ3n) is 3.09. The molecule has 0 saturated heterocycles. The zero-order valence-electron chi connectivity index (χ0n) is 11.5. The second-order valence-corrected chi connectivity index (χ2v) is 6.49. The molecule has 0 bridgehead atoms. The zero-order chi connectivity index (χ0) is 16.8. The second-order valence-electron chi connectivity index (χ2n) is 4.71. The Labute approximate surface area is 141 Å². The third-order valence-corrected chi connectivity index (χ3v) is 3.85. The lowest BCUT2D eigenvalue weighted by atomic mass is 10.2. The van der Waals surface area contributed by atoms with Gasteiger partial charge in [0.15, 0.2) is 0 Å². The van der Waals surface area contributed by atoms with Crippen molar-refractivity contribution in [3.05, 3.63) is 40.9 Å². The predicted octanol–water partition coefficient (Wildman–Crippen LogP) is 4.31. The number of rotatable bonds is 2. The summed E-state index contributed by atoms with van der Waals surface area (Å²) in [5.74, 6) is 0.307. The van der Waals surface area contributed by atoms with Crippen LogP contribution in [0.3, 0.4) is 0 Å². The topological polar surface area (TPSA) is 56.0 Å². The van der Waals surface area contributed by atoms with Crippen molar-refractivity contribution in [2.45, 2.75) is 17.9 Å². The number of pyridine rings is 1. The molecule has 10 heteroatoms. The van der Waals surface area contributed by atoms with E-state index in [2.05, 4.69) is 36.0 Å². The number of hydrogen-bond donors (Lipinski definition) is 0. The second kappa shape index (κ2) is 5.72. The Morgan fingerprint density at radius 2 is 2.00 bits per heavy atom. The first-order chi connectivity index (χ1) is 10.8. The van der Waals surface area contributed by atoms with Crippen molar-refractivity contribution < 1.29 is 13.2 Å². The van der Waals surface area contributed by atoms with Gasteiger partial charge in [-0.25, -0.2) is 4.98 Å². The van der Waals surface area contributed by atoms with Gasteiger partial charge in [-0.3, -0.25) is 4.98 Å². The van der Waals surface area contributed by atoms with Crippen LogP contribution in [0, 0.1) is 0 Å². The van der Waals surface area contributed by atoms with E-state index in [1.807, 2.05) is 6.92 Å². The van der Waals surface area contributed by atoms with Gasteiger partial charge in [0.1, 0.15) is 12.0 Å². The Kier molecular flexibility index (Phi) is 4.01. The van der Waals surface area contributed by atoms with Crippen LogP contribution in [0.1, 0.15) is 23.0 Å². The highest BCUT2D eigenvalue weighted by Crippen LogP contribution is 2.34. The van der Waals surface area contributed by atoms with Gasteiger partial charge < -0.3 is 0 Å². The van der Waals surface area contributed by atoms with E-state index >= 15 is 0 Å². The minimum Gasteiger partial charge on any atom is -0.252 e. The molecule has 120 valence electrons. The monoisotopic (exact) mass is 405 g/mol. The maximum Gasteiger partial charge on any atom is 0.417 e. The van der Waals surface area contributed by atoms with E-state index in [-0.39, 0.29) is 15.5 Å². The average Bonchev–Trinajstić information content (AvgIpc) is 2.93. The van der Waals surface area contributed by atoms with Gasteiger partial charge >= 0.3 is 6.18 Å². The van der Waals surface area contributed by atoms with Crippen LogP contribution in [0.4, 0.5) is 13.2 Å². The summed E-state index contributed by atoms with van der Waals surface area (Å²) in [6, 6.07) is 2.49. The molecule has 5 nitrogen and oxygen atoms in total. The maximum atomic E-state index is 12.7. The van der Waals surface area contributed by atoms with Crippen molar-refractivity contribution >= 4 is 33.3 Å². The predicted molar refractivity (Wildman–Crippen MR) is 81.4 cm³/mol. The van der Waals surface area contributed by atoms with Crippen LogP contribution in [-0.4, -0.2) is 24.6 Å². The van der Waals surface area contributed by atoms with Crippen molar-refractivity contribution in [2.24, 2.45) is 0 Å². The Morgan fingerprint density at radius 3 is 2.61 bits per heavy atom. The molecule has 0 amide bonds. The average molecular weight is 407 g/mol. The van der Waals surface area contributed by atoms with Crippen molar-refractivity contribution in [1.29, 1.82) is 0 Å². The van der Waals surface area contributed by atoms with Gasteiger partial charge in [-0.05, 0) is 19.1 Å². The van der Waals surface area contributed by atoms with Crippen molar-refractivity contribution in [3.8, 4) is 11.4 Å². The molecule has 0 spiro atoms. The van der Waals surface area contributed by atoms with Crippen LogP contribution in [0.15, 0.2) is 24.7 Å². The summed E-state index contributed by atoms with van der Waals surface area (Å²) in [7, 11) is 0. The van der Waals surface area contributed by atoms with Crippen LogP contribution in [0.2, 0.25) is 5.02 Å². The SMILES string of the molecule is CC(Br)c1cc(-c2ncc(C(F)(F)F)cc2Cl)n2ncnc2n1. The van der Waals surface area contributed by atoms with Crippen LogP contribution < -0.4 is 0 Å². The molecule has 0 aliphatic carbocycles. The van der Waals surface area contributed by atoms with Crippen molar-refractivity contribution in [1.82, 2.24) is 24.6 Å². The highest BCUT2D eigenvalue weighted by atomic mass is 79.9. The first-order valence-corrected chi connectivity index (χ1v) is 7.64. The van der Waals surface area contributed by atoms with E-state index in [4.69, 9.17) is 11.6 Å². The van der Waals surface area contributed by atoms with Gasteiger partial charge in [0, 0.05) is 6.20 Å². The number of aromatic nitrogens is 5. The summed E-state index contributed by atoms with van der Waals surface area (Å²) in [4.78, 5) is 12.1. The van der Waals surface area contributed by atoms with E-state index in [1.165, 1.54) is 10.8 Å². The number of halogens is 5. The minimum absolute atomic E-state index is 0.0869. The smallest absolute Gasteiger partial charge is 0.252 e. The first kappa shape index (κ1) is 16.1. The fraction of sp³-hybridized carbons (Fsp3) is 0.231. The molecule has 0 fully saturated rings. The lowest BCUT2D eigenvalue weighted by Gasteiger charge is -2.11. The molecular formula is C13H8BrClF3N5. The number of nitrogens with zero attached hydrogens (tertiary/aromatic N) is 5. The summed E-state index contributed by atoms with van der Waals surface area (Å²) in [5, 5.41) is 3.89. The Morgan fingerprint density at radius 1 is 1.26 bits per heavy atom. The highest BCUT2D eigenvalue weighted by Gasteiger charge is 2.32. The molecule has 0 aromatic carbocycles. The molecule has 1 atom stereocenters. The molecule has 23 heavy (non-hydrogen) atoms. The van der Waals surface area contributed by atoms with E-state index < -0.39 is 11.7 Å². The standard InChI is InChI=1S/C13H8BrClF3N5/c1-6(14)9-3-10(23-12(22-9)20-5-21-23)11-8(15)2-7(4-19-11)13(16,17)18/h2-6H,1H3. The van der Waals surface area contributed by atoms with Crippen LogP contribution in [-0.2, 0) is 6.18 Å². The van der Waals surface area contributed by atoms with Gasteiger partial charge in [0.05, 0.1) is 26.8 Å². The van der Waals surface area contributed by atoms with E-state index in [9.17, 15) is 13.2 Å². The fourth-order valence-corrected chi connectivity index (χ4v) is 2.48. The van der Waals surface area contributed by atoms with Gasteiger partial charge in [-0.15, -0.1) is 0 Å². The minimum atomic E-state index is -4.51. The molecule has 1 unspecified atom stereocenters. The summed E-state index contributed by atoms with van der Waals surface area (Å²) >= 11 is 9.41. The molecular weight excluding hydrogens is 399 g/mol. The molecule has 3 aromatic rings. The summed E-state index contributed by atoms with van der Waals surface area (Å²) in [5.41, 5.74) is 0.307. The van der Waals surface area contributed by atoms with Gasteiger partial charge in [0.25, 0.3) is 5.78 Å². The third kappa shape index (κ3) is 3.02. The summed E-state index contributed by atoms with van der Waals surface area (Å²) in [6.07, 6.45) is -2.47. The van der Waals surface area contributed by atoms with E-state index in [1.54, 1.807) is 6.07 Å². The lowest BCUT2D eigenvalue weighted by molar-refractivity contribution is -0.137. The molecule has 3 heterocycles. The molecule has 0 radical (unpaired) electrons. The Hall–Kier alpha value is -1.74. The highest BCUT2D eigenvalue weighted by molar-refractivity contribution is 9.09. The zero-order valence-corrected chi connectivity index (χ0v) is 13.9. The quantitative estimate of drug-likeness (QED) is 0.595. The van der Waals surface area contributed by atoms with E-state index in [0.29, 0.717) is 17.2 Å². The largest absolute Gasteiger partial charge is 0.417 e. The van der Waals surface area contributed by atoms with Crippen LogP contribution in [0.5, 0.6) is 0 Å². The fourth-order valence-electron chi connectivity index (χ4n) is 1.98. The van der Waals surface area contributed by atoms with Crippen molar-refractivity contribution in [3.63, 3.8) is 0 Å². The summed E-state index contributed by atoms with van der Waals surface area (Å²) in [6.45, 7) is 1.86. The molecule has 3 aromatic heterocycles.